The van der Waals surface area contributed by atoms with Crippen LogP contribution < -0.4 is 9.64 Å². The highest BCUT2D eigenvalue weighted by Crippen LogP contribution is 2.40. The van der Waals surface area contributed by atoms with Gasteiger partial charge in [-0.2, -0.15) is 5.10 Å². The molecule has 0 aliphatic carbocycles. The van der Waals surface area contributed by atoms with Crippen LogP contribution in [0.3, 0.4) is 0 Å². The topological polar surface area (TPSA) is 64.9 Å². The van der Waals surface area contributed by atoms with Gasteiger partial charge in [-0.05, 0) is 48.0 Å². The standard InChI is InChI=1S/C30H30Cl3N5O3/c31-23-5-10-27(29(33)15-23)30(19-38-21-34-20-35-38)40-18-26(41-30)17-39-25-8-6-24(7-9-25)37-13-11-36(12-14-37)16-22-3-1-2-4-28(22)32/h1-10,15,20-21,26H,11-14,16-19H2/t26-,30-/m1/s1. The second-order valence-corrected chi connectivity index (χ2v) is 11.4. The average molecular weight is 615 g/mol. The first-order valence-corrected chi connectivity index (χ1v) is 14.6. The fourth-order valence-electron chi connectivity index (χ4n) is 5.26. The first-order valence-electron chi connectivity index (χ1n) is 13.5. The van der Waals surface area contributed by atoms with E-state index in [1.807, 2.05) is 36.4 Å². The third-order valence-corrected chi connectivity index (χ3v) is 8.32. The van der Waals surface area contributed by atoms with Gasteiger partial charge in [0.2, 0.25) is 5.79 Å². The third-order valence-electron chi connectivity index (χ3n) is 7.40. The molecule has 0 saturated carbocycles. The molecule has 6 rings (SSSR count). The average Bonchev–Trinajstić information content (AvgIpc) is 3.64. The fourth-order valence-corrected chi connectivity index (χ4v) is 6.00. The summed E-state index contributed by atoms with van der Waals surface area (Å²) in [6.07, 6.45) is 2.77. The van der Waals surface area contributed by atoms with Crippen molar-refractivity contribution in [2.45, 2.75) is 25.0 Å². The summed E-state index contributed by atoms with van der Waals surface area (Å²) in [7, 11) is 0. The van der Waals surface area contributed by atoms with Gasteiger partial charge in [-0.1, -0.05) is 59.1 Å². The fraction of sp³-hybridized carbons (Fsp3) is 0.333. The SMILES string of the molecule is Clc1ccc([C@]2(Cn3cncn3)OC[C@@H](COc3ccc(N4CCN(Cc5ccccc5Cl)CC4)cc3)O2)c(Cl)c1. The molecular weight excluding hydrogens is 585 g/mol. The predicted molar refractivity (Wildman–Crippen MR) is 160 cm³/mol. The van der Waals surface area contributed by atoms with Crippen LogP contribution in [0.5, 0.6) is 5.75 Å². The number of rotatable bonds is 9. The van der Waals surface area contributed by atoms with Crippen molar-refractivity contribution >= 4 is 40.5 Å². The molecule has 0 unspecified atom stereocenters. The van der Waals surface area contributed by atoms with E-state index in [1.54, 1.807) is 23.1 Å². The molecule has 2 aliphatic heterocycles. The quantitative estimate of drug-likeness (QED) is 0.232. The van der Waals surface area contributed by atoms with Crippen LogP contribution in [0.2, 0.25) is 15.1 Å². The second-order valence-electron chi connectivity index (χ2n) is 10.2. The van der Waals surface area contributed by atoms with Crippen LogP contribution in [0.1, 0.15) is 11.1 Å². The van der Waals surface area contributed by atoms with Gasteiger partial charge in [-0.15, -0.1) is 0 Å². The predicted octanol–water partition coefficient (Wildman–Crippen LogP) is 5.91. The van der Waals surface area contributed by atoms with Crippen LogP contribution >= 0.6 is 34.8 Å². The molecule has 41 heavy (non-hydrogen) atoms. The first kappa shape index (κ1) is 28.3. The number of nitrogens with zero attached hydrogens (tertiary/aromatic N) is 5. The molecule has 8 nitrogen and oxygen atoms in total. The number of anilines is 1. The van der Waals surface area contributed by atoms with Gasteiger partial charge < -0.3 is 19.1 Å². The molecule has 214 valence electrons. The Morgan fingerprint density at radius 2 is 1.73 bits per heavy atom. The molecule has 3 heterocycles. The third kappa shape index (κ3) is 6.64. The molecule has 3 aromatic carbocycles. The summed E-state index contributed by atoms with van der Waals surface area (Å²) >= 11 is 19.0. The summed E-state index contributed by atoms with van der Waals surface area (Å²) < 4.78 is 20.4. The molecule has 0 amide bonds. The van der Waals surface area contributed by atoms with Crippen LogP contribution in [-0.4, -0.2) is 65.2 Å². The number of hydrogen-bond acceptors (Lipinski definition) is 7. The Bertz CT molecular complexity index is 1450. The van der Waals surface area contributed by atoms with Gasteiger partial charge >= 0.3 is 0 Å². The van der Waals surface area contributed by atoms with Crippen molar-refractivity contribution in [2.75, 3.05) is 44.3 Å². The van der Waals surface area contributed by atoms with Crippen molar-refractivity contribution in [1.82, 2.24) is 19.7 Å². The number of piperazine rings is 1. The summed E-state index contributed by atoms with van der Waals surface area (Å²) in [5, 5.41) is 6.05. The number of halogens is 3. The van der Waals surface area contributed by atoms with E-state index in [0.29, 0.717) is 28.8 Å². The Labute approximate surface area is 254 Å². The van der Waals surface area contributed by atoms with Crippen LogP contribution in [0, 0.1) is 0 Å². The van der Waals surface area contributed by atoms with Crippen LogP contribution in [0.4, 0.5) is 5.69 Å². The number of benzene rings is 3. The monoisotopic (exact) mass is 613 g/mol. The Morgan fingerprint density at radius 1 is 0.927 bits per heavy atom. The van der Waals surface area contributed by atoms with Crippen molar-refractivity contribution in [3.05, 3.63) is 106 Å². The molecule has 2 fully saturated rings. The van der Waals surface area contributed by atoms with Crippen molar-refractivity contribution in [1.29, 1.82) is 0 Å². The van der Waals surface area contributed by atoms with Gasteiger partial charge in [-0.25, -0.2) is 9.67 Å². The maximum Gasteiger partial charge on any atom is 0.217 e. The molecule has 0 spiro atoms. The molecule has 1 aromatic heterocycles. The second kappa shape index (κ2) is 12.6. The lowest BCUT2D eigenvalue weighted by Gasteiger charge is -2.36. The molecule has 0 N–H and O–H groups in total. The lowest BCUT2D eigenvalue weighted by Crippen LogP contribution is -2.46. The van der Waals surface area contributed by atoms with E-state index in [2.05, 4.69) is 38.1 Å². The van der Waals surface area contributed by atoms with E-state index >= 15 is 0 Å². The first-order chi connectivity index (χ1) is 20.0. The summed E-state index contributed by atoms with van der Waals surface area (Å²) in [4.78, 5) is 8.88. The number of aromatic nitrogens is 3. The highest BCUT2D eigenvalue weighted by molar-refractivity contribution is 6.35. The Balaban J connectivity index is 1.04. The Hall–Kier alpha value is -2.85. The molecule has 2 atom stereocenters. The zero-order valence-corrected chi connectivity index (χ0v) is 24.6. The van der Waals surface area contributed by atoms with E-state index < -0.39 is 5.79 Å². The molecule has 0 bridgehead atoms. The maximum atomic E-state index is 6.56. The summed E-state index contributed by atoms with van der Waals surface area (Å²) in [5.41, 5.74) is 3.03. The van der Waals surface area contributed by atoms with Gasteiger partial charge in [0, 0.05) is 54.0 Å². The van der Waals surface area contributed by atoms with Crippen molar-refractivity contribution < 1.29 is 14.2 Å². The zero-order valence-electron chi connectivity index (χ0n) is 22.3. The lowest BCUT2D eigenvalue weighted by atomic mass is 10.1. The van der Waals surface area contributed by atoms with Crippen molar-refractivity contribution in [3.8, 4) is 5.75 Å². The van der Waals surface area contributed by atoms with Crippen LogP contribution in [0.15, 0.2) is 79.4 Å². The summed E-state index contributed by atoms with van der Waals surface area (Å²) in [6, 6.07) is 21.5. The van der Waals surface area contributed by atoms with Gasteiger partial charge in [0.05, 0.1) is 11.6 Å². The lowest BCUT2D eigenvalue weighted by molar-refractivity contribution is -0.190. The molecule has 11 heteroatoms. The largest absolute Gasteiger partial charge is 0.491 e. The smallest absolute Gasteiger partial charge is 0.217 e. The van der Waals surface area contributed by atoms with Gasteiger partial charge in [0.1, 0.15) is 37.7 Å². The molecule has 2 aliphatic rings. The highest BCUT2D eigenvalue weighted by Gasteiger charge is 2.45. The normalized spacial score (nSPS) is 21.3. The van der Waals surface area contributed by atoms with E-state index in [9.17, 15) is 0 Å². The minimum atomic E-state index is -1.14. The number of ether oxygens (including phenoxy) is 3. The van der Waals surface area contributed by atoms with E-state index in [4.69, 9.17) is 49.0 Å². The molecule has 4 aromatic rings. The van der Waals surface area contributed by atoms with Crippen molar-refractivity contribution in [2.24, 2.45) is 0 Å². The molecular formula is C30H30Cl3N5O3. The molecule has 2 saturated heterocycles. The minimum Gasteiger partial charge on any atom is -0.491 e. The van der Waals surface area contributed by atoms with Crippen LogP contribution in [0.25, 0.3) is 0 Å². The zero-order chi connectivity index (χ0) is 28.2. The minimum absolute atomic E-state index is 0.283. The highest BCUT2D eigenvalue weighted by atomic mass is 35.5. The summed E-state index contributed by atoms with van der Waals surface area (Å²) in [5.74, 6) is -0.366. The van der Waals surface area contributed by atoms with Gasteiger partial charge in [-0.3, -0.25) is 4.90 Å². The van der Waals surface area contributed by atoms with E-state index in [-0.39, 0.29) is 12.6 Å². The van der Waals surface area contributed by atoms with Crippen molar-refractivity contribution in [3.63, 3.8) is 0 Å². The summed E-state index contributed by atoms with van der Waals surface area (Å²) in [6.45, 7) is 5.70. The van der Waals surface area contributed by atoms with E-state index in [0.717, 1.165) is 43.5 Å². The van der Waals surface area contributed by atoms with E-state index in [1.165, 1.54) is 17.6 Å². The molecule has 0 radical (unpaired) electrons. The Kier molecular flexibility index (Phi) is 8.67. The van der Waals surface area contributed by atoms with Gasteiger partial charge in [0.15, 0.2) is 0 Å². The van der Waals surface area contributed by atoms with Crippen LogP contribution in [-0.2, 0) is 28.4 Å². The van der Waals surface area contributed by atoms with Gasteiger partial charge in [0.25, 0.3) is 0 Å². The number of hydrogen-bond donors (Lipinski definition) is 0. The Morgan fingerprint density at radius 3 is 2.46 bits per heavy atom. The maximum absolute atomic E-state index is 6.56.